The summed E-state index contributed by atoms with van der Waals surface area (Å²) < 4.78 is 0. The lowest BCUT2D eigenvalue weighted by Crippen LogP contribution is -2.35. The monoisotopic (exact) mass is 194 g/mol. The van der Waals surface area contributed by atoms with Crippen molar-refractivity contribution in [1.29, 1.82) is 0 Å². The molecule has 0 aromatic carbocycles. The molecular weight excluding hydrogens is 168 g/mol. The van der Waals surface area contributed by atoms with Crippen molar-refractivity contribution in [3.63, 3.8) is 0 Å². The van der Waals surface area contributed by atoms with E-state index < -0.39 is 0 Å². The first-order valence-corrected chi connectivity index (χ1v) is 6.41. The fourth-order valence-electron chi connectivity index (χ4n) is 4.58. The van der Waals surface area contributed by atoms with Crippen molar-refractivity contribution in [3.8, 4) is 0 Å². The third-order valence-corrected chi connectivity index (χ3v) is 4.75. The Bertz CT molecular complexity index is 209. The standard InChI is InChI=1S/C14H26/c1-9(2)12-10-6-7-11(8-10)13(12)14(3,4)5/h9-13H,6-8H2,1-5H3. The zero-order chi connectivity index (χ0) is 10.5. The van der Waals surface area contributed by atoms with Gasteiger partial charge in [-0.2, -0.15) is 0 Å². The van der Waals surface area contributed by atoms with E-state index in [-0.39, 0.29) is 0 Å². The Kier molecular flexibility index (Phi) is 2.44. The Hall–Kier alpha value is 0. The van der Waals surface area contributed by atoms with Crippen LogP contribution in [0.1, 0.15) is 53.9 Å². The summed E-state index contributed by atoms with van der Waals surface area (Å²) in [5.74, 6) is 5.06. The third kappa shape index (κ3) is 1.51. The molecule has 0 amide bonds. The van der Waals surface area contributed by atoms with Gasteiger partial charge in [0.25, 0.3) is 0 Å². The average molecular weight is 194 g/mol. The van der Waals surface area contributed by atoms with Crippen molar-refractivity contribution in [2.45, 2.75) is 53.9 Å². The largest absolute Gasteiger partial charge is 0.0625 e. The third-order valence-electron chi connectivity index (χ3n) is 4.75. The van der Waals surface area contributed by atoms with Gasteiger partial charge in [-0.05, 0) is 54.3 Å². The topological polar surface area (TPSA) is 0 Å². The van der Waals surface area contributed by atoms with Gasteiger partial charge in [-0.25, -0.2) is 0 Å². The number of hydrogen-bond donors (Lipinski definition) is 0. The Labute approximate surface area is 89.5 Å². The van der Waals surface area contributed by atoms with Gasteiger partial charge in [0.1, 0.15) is 0 Å². The van der Waals surface area contributed by atoms with E-state index in [1.807, 2.05) is 0 Å². The SMILES string of the molecule is CC(C)C1C2CCC(C2)C1C(C)(C)C. The molecule has 0 nitrogen and oxygen atoms in total. The van der Waals surface area contributed by atoms with Crippen molar-refractivity contribution < 1.29 is 0 Å². The Morgan fingerprint density at radius 1 is 1.00 bits per heavy atom. The van der Waals surface area contributed by atoms with E-state index in [1.165, 1.54) is 12.8 Å². The number of rotatable bonds is 1. The van der Waals surface area contributed by atoms with Crippen molar-refractivity contribution in [3.05, 3.63) is 0 Å². The van der Waals surface area contributed by atoms with Gasteiger partial charge >= 0.3 is 0 Å². The minimum atomic E-state index is 0.536. The maximum absolute atomic E-state index is 2.45. The van der Waals surface area contributed by atoms with Gasteiger partial charge in [-0.3, -0.25) is 0 Å². The molecule has 4 atom stereocenters. The molecule has 2 rings (SSSR count). The van der Waals surface area contributed by atoms with Crippen LogP contribution in [0.2, 0.25) is 0 Å². The lowest BCUT2D eigenvalue weighted by Gasteiger charge is -2.42. The highest BCUT2D eigenvalue weighted by Crippen LogP contribution is 2.59. The first kappa shape index (κ1) is 10.5. The van der Waals surface area contributed by atoms with Gasteiger partial charge in [-0.15, -0.1) is 0 Å². The fourth-order valence-corrected chi connectivity index (χ4v) is 4.58. The van der Waals surface area contributed by atoms with Gasteiger partial charge in [0, 0.05) is 0 Å². The van der Waals surface area contributed by atoms with E-state index in [1.54, 1.807) is 6.42 Å². The van der Waals surface area contributed by atoms with Crippen LogP contribution in [0.3, 0.4) is 0 Å². The Morgan fingerprint density at radius 3 is 2.00 bits per heavy atom. The predicted molar refractivity (Wildman–Crippen MR) is 62.1 cm³/mol. The summed E-state index contributed by atoms with van der Waals surface area (Å²) in [7, 11) is 0. The van der Waals surface area contributed by atoms with E-state index >= 15 is 0 Å². The summed E-state index contributed by atoms with van der Waals surface area (Å²) >= 11 is 0. The van der Waals surface area contributed by atoms with Crippen molar-refractivity contribution in [2.24, 2.45) is 35.0 Å². The molecule has 2 aliphatic rings. The van der Waals surface area contributed by atoms with Gasteiger partial charge in [0.2, 0.25) is 0 Å². The molecule has 0 aromatic rings. The molecule has 2 bridgehead atoms. The summed E-state index contributed by atoms with van der Waals surface area (Å²) in [5.41, 5.74) is 0.536. The molecule has 0 radical (unpaired) electrons. The summed E-state index contributed by atoms with van der Waals surface area (Å²) in [6.45, 7) is 12.2. The van der Waals surface area contributed by atoms with E-state index in [0.29, 0.717) is 5.41 Å². The Morgan fingerprint density at radius 2 is 1.57 bits per heavy atom. The molecule has 82 valence electrons. The first-order chi connectivity index (χ1) is 6.41. The van der Waals surface area contributed by atoms with Crippen LogP contribution in [-0.2, 0) is 0 Å². The van der Waals surface area contributed by atoms with Crippen LogP contribution in [0.15, 0.2) is 0 Å². The molecule has 0 heterocycles. The van der Waals surface area contributed by atoms with Gasteiger partial charge in [0.15, 0.2) is 0 Å². The summed E-state index contributed by atoms with van der Waals surface area (Å²) in [4.78, 5) is 0. The molecule has 0 aliphatic heterocycles. The average Bonchev–Trinajstić information content (AvgIpc) is 2.58. The Balaban J connectivity index is 2.22. The second-order valence-electron chi connectivity index (χ2n) is 7.05. The van der Waals surface area contributed by atoms with Crippen LogP contribution >= 0.6 is 0 Å². The van der Waals surface area contributed by atoms with Crippen LogP contribution in [0.4, 0.5) is 0 Å². The molecule has 0 spiro atoms. The lowest BCUT2D eigenvalue weighted by molar-refractivity contribution is 0.0664. The summed E-state index contributed by atoms with van der Waals surface area (Å²) in [6, 6.07) is 0. The van der Waals surface area contributed by atoms with Crippen LogP contribution in [-0.4, -0.2) is 0 Å². The van der Waals surface area contributed by atoms with Crippen LogP contribution in [0.5, 0.6) is 0 Å². The van der Waals surface area contributed by atoms with E-state index in [2.05, 4.69) is 34.6 Å². The smallest absolute Gasteiger partial charge is 0.0303 e. The minimum absolute atomic E-state index is 0.536. The number of fused-ring (bicyclic) bond motifs is 2. The fraction of sp³-hybridized carbons (Fsp3) is 1.00. The summed E-state index contributed by atoms with van der Waals surface area (Å²) in [5, 5.41) is 0. The maximum Gasteiger partial charge on any atom is -0.0303 e. The normalized spacial score (nSPS) is 42.4. The van der Waals surface area contributed by atoms with E-state index in [4.69, 9.17) is 0 Å². The highest BCUT2D eigenvalue weighted by molar-refractivity contribution is 5.01. The van der Waals surface area contributed by atoms with Gasteiger partial charge in [-0.1, -0.05) is 34.6 Å². The summed E-state index contributed by atoms with van der Waals surface area (Å²) in [6.07, 6.45) is 4.60. The van der Waals surface area contributed by atoms with E-state index in [0.717, 1.165) is 29.6 Å². The maximum atomic E-state index is 2.45. The van der Waals surface area contributed by atoms with Gasteiger partial charge in [0.05, 0.1) is 0 Å². The molecular formula is C14H26. The lowest BCUT2D eigenvalue weighted by atomic mass is 9.63. The molecule has 14 heavy (non-hydrogen) atoms. The minimum Gasteiger partial charge on any atom is -0.0625 e. The quantitative estimate of drug-likeness (QED) is 0.582. The second kappa shape index (κ2) is 3.25. The van der Waals surface area contributed by atoms with E-state index in [9.17, 15) is 0 Å². The van der Waals surface area contributed by atoms with Crippen molar-refractivity contribution >= 4 is 0 Å². The number of hydrogen-bond acceptors (Lipinski definition) is 0. The molecule has 0 heteroatoms. The van der Waals surface area contributed by atoms with Crippen LogP contribution in [0.25, 0.3) is 0 Å². The molecule has 2 saturated carbocycles. The van der Waals surface area contributed by atoms with Crippen LogP contribution < -0.4 is 0 Å². The molecule has 0 aromatic heterocycles. The van der Waals surface area contributed by atoms with Gasteiger partial charge < -0.3 is 0 Å². The highest BCUT2D eigenvalue weighted by atomic mass is 14.6. The zero-order valence-corrected chi connectivity index (χ0v) is 10.5. The molecule has 2 fully saturated rings. The molecule has 4 unspecified atom stereocenters. The highest BCUT2D eigenvalue weighted by Gasteiger charge is 2.52. The zero-order valence-electron chi connectivity index (χ0n) is 10.5. The predicted octanol–water partition coefficient (Wildman–Crippen LogP) is 4.35. The second-order valence-corrected chi connectivity index (χ2v) is 7.05. The van der Waals surface area contributed by atoms with Crippen LogP contribution in [0, 0.1) is 35.0 Å². The first-order valence-electron chi connectivity index (χ1n) is 6.41. The molecule has 2 aliphatic carbocycles. The van der Waals surface area contributed by atoms with Crippen molar-refractivity contribution in [2.75, 3.05) is 0 Å². The van der Waals surface area contributed by atoms with Crippen molar-refractivity contribution in [1.82, 2.24) is 0 Å². The molecule has 0 saturated heterocycles. The molecule has 0 N–H and O–H groups in total.